The topological polar surface area (TPSA) is 93.1 Å². The molecule has 0 atom stereocenters. The Hall–Kier alpha value is -2.52. The minimum Gasteiger partial charge on any atom is -0.337 e. The molecule has 7 nitrogen and oxygen atoms in total. The number of hydrogen-bond acceptors (Lipinski definition) is 6. The maximum atomic E-state index is 12.7. The SMILES string of the molecule is O=C(Cn1cnc2sc3c(c2c1=O)CCC3)NC(=O)NCCc1cccs1. The lowest BCUT2D eigenvalue weighted by Gasteiger charge is -2.08. The molecule has 3 aromatic heterocycles. The van der Waals surface area contributed by atoms with E-state index in [1.165, 1.54) is 15.8 Å². The van der Waals surface area contributed by atoms with E-state index in [-0.39, 0.29) is 12.1 Å². The van der Waals surface area contributed by atoms with E-state index in [9.17, 15) is 14.4 Å². The number of nitrogens with zero attached hydrogens (tertiary/aromatic N) is 2. The molecule has 1 aliphatic rings. The van der Waals surface area contributed by atoms with E-state index >= 15 is 0 Å². The lowest BCUT2D eigenvalue weighted by atomic mass is 10.2. The minimum atomic E-state index is -0.560. The third kappa shape index (κ3) is 3.79. The maximum Gasteiger partial charge on any atom is 0.321 e. The van der Waals surface area contributed by atoms with Gasteiger partial charge in [0, 0.05) is 16.3 Å². The summed E-state index contributed by atoms with van der Waals surface area (Å²) >= 11 is 3.18. The second-order valence-electron chi connectivity index (χ2n) is 6.35. The Bertz CT molecular complexity index is 1050. The molecule has 9 heteroatoms. The Kier molecular flexibility index (Phi) is 5.04. The van der Waals surface area contributed by atoms with E-state index in [0.717, 1.165) is 34.5 Å². The summed E-state index contributed by atoms with van der Waals surface area (Å²) in [4.78, 5) is 44.1. The zero-order chi connectivity index (χ0) is 18.8. The van der Waals surface area contributed by atoms with Crippen LogP contribution in [0, 0.1) is 0 Å². The van der Waals surface area contributed by atoms with Crippen molar-refractivity contribution < 1.29 is 9.59 Å². The summed E-state index contributed by atoms with van der Waals surface area (Å²) in [6.45, 7) is 0.207. The number of hydrogen-bond donors (Lipinski definition) is 2. The molecule has 0 bridgehead atoms. The highest BCUT2D eigenvalue weighted by Gasteiger charge is 2.21. The zero-order valence-electron chi connectivity index (χ0n) is 14.5. The Morgan fingerprint density at radius 2 is 2.19 bits per heavy atom. The Morgan fingerprint density at radius 1 is 1.30 bits per heavy atom. The predicted molar refractivity (Wildman–Crippen MR) is 105 cm³/mol. The lowest BCUT2D eigenvalue weighted by Crippen LogP contribution is -2.42. The first kappa shape index (κ1) is 17.9. The van der Waals surface area contributed by atoms with Gasteiger partial charge in [0.2, 0.25) is 5.91 Å². The van der Waals surface area contributed by atoms with Gasteiger partial charge in [-0.3, -0.25) is 19.5 Å². The molecule has 27 heavy (non-hydrogen) atoms. The van der Waals surface area contributed by atoms with E-state index in [1.54, 1.807) is 22.7 Å². The van der Waals surface area contributed by atoms with Gasteiger partial charge in [0.1, 0.15) is 11.4 Å². The highest BCUT2D eigenvalue weighted by molar-refractivity contribution is 7.18. The molecule has 0 aliphatic heterocycles. The van der Waals surface area contributed by atoms with Crippen LogP contribution in [0.3, 0.4) is 0 Å². The smallest absolute Gasteiger partial charge is 0.321 e. The van der Waals surface area contributed by atoms with E-state index in [0.29, 0.717) is 18.4 Å². The van der Waals surface area contributed by atoms with Crippen LogP contribution in [-0.4, -0.2) is 28.0 Å². The number of carbonyl (C=O) groups is 2. The summed E-state index contributed by atoms with van der Waals surface area (Å²) in [6, 6.07) is 3.39. The predicted octanol–water partition coefficient (Wildman–Crippen LogP) is 2.08. The third-order valence-electron chi connectivity index (χ3n) is 4.50. The molecule has 4 rings (SSSR count). The van der Waals surface area contributed by atoms with E-state index in [1.807, 2.05) is 17.5 Å². The molecule has 0 spiro atoms. The van der Waals surface area contributed by atoms with E-state index in [4.69, 9.17) is 0 Å². The average molecular weight is 403 g/mol. The molecule has 0 saturated carbocycles. The largest absolute Gasteiger partial charge is 0.337 e. The molecule has 0 saturated heterocycles. The summed E-state index contributed by atoms with van der Waals surface area (Å²) in [5.74, 6) is -0.543. The van der Waals surface area contributed by atoms with E-state index < -0.39 is 11.9 Å². The number of aromatic nitrogens is 2. The van der Waals surface area contributed by atoms with Crippen molar-refractivity contribution >= 4 is 44.8 Å². The number of urea groups is 1. The van der Waals surface area contributed by atoms with Crippen molar-refractivity contribution in [3.8, 4) is 0 Å². The van der Waals surface area contributed by atoms with Crippen LogP contribution in [0.4, 0.5) is 4.79 Å². The number of thiophene rings is 2. The number of aryl methyl sites for hydroxylation is 2. The number of imide groups is 1. The van der Waals surface area contributed by atoms with Crippen molar-refractivity contribution in [2.24, 2.45) is 0 Å². The van der Waals surface area contributed by atoms with Crippen LogP contribution in [0.2, 0.25) is 0 Å². The molecule has 0 unspecified atom stereocenters. The third-order valence-corrected chi connectivity index (χ3v) is 6.63. The number of carbonyl (C=O) groups excluding carboxylic acids is 2. The molecule has 3 heterocycles. The van der Waals surface area contributed by atoms with Crippen LogP contribution < -0.4 is 16.2 Å². The molecule has 0 aromatic carbocycles. The van der Waals surface area contributed by atoms with Crippen LogP contribution in [0.15, 0.2) is 28.6 Å². The summed E-state index contributed by atoms with van der Waals surface area (Å²) < 4.78 is 1.27. The molecule has 140 valence electrons. The van der Waals surface area contributed by atoms with Crippen LogP contribution >= 0.6 is 22.7 Å². The van der Waals surface area contributed by atoms with Crippen molar-refractivity contribution in [1.82, 2.24) is 20.2 Å². The van der Waals surface area contributed by atoms with Crippen LogP contribution in [0.5, 0.6) is 0 Å². The number of fused-ring (bicyclic) bond motifs is 3. The monoisotopic (exact) mass is 402 g/mol. The quantitative estimate of drug-likeness (QED) is 0.683. The van der Waals surface area contributed by atoms with E-state index in [2.05, 4.69) is 15.6 Å². The highest BCUT2D eigenvalue weighted by atomic mass is 32.1. The molecular formula is C18H18N4O3S2. The minimum absolute atomic E-state index is 0.215. The highest BCUT2D eigenvalue weighted by Crippen LogP contribution is 2.34. The molecular weight excluding hydrogens is 384 g/mol. The van der Waals surface area contributed by atoms with Gasteiger partial charge in [0.05, 0.1) is 11.7 Å². The number of amides is 3. The van der Waals surface area contributed by atoms with Gasteiger partial charge in [0.15, 0.2) is 0 Å². The van der Waals surface area contributed by atoms with Crippen molar-refractivity contribution in [2.75, 3.05) is 6.54 Å². The van der Waals surface area contributed by atoms with Crippen LogP contribution in [0.1, 0.15) is 21.7 Å². The Balaban J connectivity index is 1.37. The fourth-order valence-corrected chi connectivity index (χ4v) is 5.18. The summed E-state index contributed by atoms with van der Waals surface area (Å²) in [6.07, 6.45) is 5.02. The second-order valence-corrected chi connectivity index (χ2v) is 8.46. The van der Waals surface area contributed by atoms with Gasteiger partial charge >= 0.3 is 6.03 Å². The standard InChI is InChI=1S/C18H18N4O3S2/c23-14(21-18(25)19-7-6-11-3-2-8-26-11)9-22-10-20-16-15(17(22)24)12-4-1-5-13(12)27-16/h2-3,8,10H,1,4-7,9H2,(H2,19,21,23,25). The van der Waals surface area contributed by atoms with Gasteiger partial charge in [-0.1, -0.05) is 6.07 Å². The Labute approximate surface area is 163 Å². The number of nitrogens with one attached hydrogen (secondary N) is 2. The van der Waals surface area contributed by atoms with Gasteiger partial charge in [-0.25, -0.2) is 9.78 Å². The van der Waals surface area contributed by atoms with Crippen molar-refractivity contribution in [2.45, 2.75) is 32.2 Å². The van der Waals surface area contributed by atoms with Gasteiger partial charge < -0.3 is 5.32 Å². The van der Waals surface area contributed by atoms with Crippen molar-refractivity contribution in [1.29, 1.82) is 0 Å². The molecule has 3 aromatic rings. The van der Waals surface area contributed by atoms with Crippen molar-refractivity contribution in [3.63, 3.8) is 0 Å². The van der Waals surface area contributed by atoms with Gasteiger partial charge in [0.25, 0.3) is 5.56 Å². The molecule has 1 aliphatic carbocycles. The van der Waals surface area contributed by atoms with Crippen LogP contribution in [-0.2, 0) is 30.6 Å². The molecule has 3 amide bonds. The normalized spacial score (nSPS) is 12.9. The molecule has 0 fully saturated rings. The maximum absolute atomic E-state index is 12.7. The second kappa shape index (κ2) is 7.61. The van der Waals surface area contributed by atoms with Gasteiger partial charge in [-0.15, -0.1) is 22.7 Å². The van der Waals surface area contributed by atoms with Gasteiger partial charge in [-0.05, 0) is 42.7 Å². The lowest BCUT2D eigenvalue weighted by molar-refractivity contribution is -0.120. The van der Waals surface area contributed by atoms with Crippen molar-refractivity contribution in [3.05, 3.63) is 49.5 Å². The fourth-order valence-electron chi connectivity index (χ4n) is 3.25. The molecule has 2 N–H and O–H groups in total. The summed E-state index contributed by atoms with van der Waals surface area (Å²) in [5.41, 5.74) is 0.862. The first-order chi connectivity index (χ1) is 13.1. The Morgan fingerprint density at radius 3 is 3.00 bits per heavy atom. The first-order valence-electron chi connectivity index (χ1n) is 8.71. The summed E-state index contributed by atoms with van der Waals surface area (Å²) in [5, 5.41) is 7.51. The van der Waals surface area contributed by atoms with Crippen LogP contribution in [0.25, 0.3) is 10.2 Å². The van der Waals surface area contributed by atoms with Gasteiger partial charge in [-0.2, -0.15) is 0 Å². The first-order valence-corrected chi connectivity index (χ1v) is 10.4. The summed E-state index contributed by atoms with van der Waals surface area (Å²) in [7, 11) is 0. The number of rotatable bonds is 5. The average Bonchev–Trinajstić information content (AvgIpc) is 3.34. The zero-order valence-corrected chi connectivity index (χ0v) is 16.1. The molecule has 0 radical (unpaired) electrons. The fraction of sp³-hybridized carbons (Fsp3) is 0.333.